The normalized spacial score (nSPS) is 10.5. The zero-order chi connectivity index (χ0) is 14.7. The van der Waals surface area contributed by atoms with E-state index in [-0.39, 0.29) is 5.91 Å². The summed E-state index contributed by atoms with van der Waals surface area (Å²) in [5.74, 6) is 0.245. The third kappa shape index (κ3) is 2.87. The van der Waals surface area contributed by atoms with Crippen LogP contribution in [0.15, 0.2) is 52.6 Å². The standard InChI is InChI=1S/C16H14N2O2S/c1-2-11-5-3-6-12(9-11)18-16(19)14-15(20-10-17-14)13-7-4-8-21-13/h3-10H,2H2,1H3,(H,18,19). The van der Waals surface area contributed by atoms with Crippen LogP contribution in [0.1, 0.15) is 23.0 Å². The number of aromatic nitrogens is 1. The van der Waals surface area contributed by atoms with Gasteiger partial charge in [-0.05, 0) is 35.6 Å². The van der Waals surface area contributed by atoms with Crippen molar-refractivity contribution in [2.75, 3.05) is 5.32 Å². The van der Waals surface area contributed by atoms with E-state index in [1.165, 1.54) is 23.3 Å². The number of carbonyl (C=O) groups excluding carboxylic acids is 1. The smallest absolute Gasteiger partial charge is 0.278 e. The summed E-state index contributed by atoms with van der Waals surface area (Å²) in [5.41, 5.74) is 2.24. The Morgan fingerprint density at radius 1 is 1.33 bits per heavy atom. The number of nitrogens with one attached hydrogen (secondary N) is 1. The Morgan fingerprint density at radius 2 is 2.24 bits per heavy atom. The summed E-state index contributed by atoms with van der Waals surface area (Å²) in [6.45, 7) is 2.08. The predicted molar refractivity (Wildman–Crippen MR) is 83.6 cm³/mol. The van der Waals surface area contributed by atoms with Gasteiger partial charge >= 0.3 is 0 Å². The lowest BCUT2D eigenvalue weighted by atomic mass is 10.1. The predicted octanol–water partition coefficient (Wildman–Crippen LogP) is 4.22. The molecule has 5 heteroatoms. The van der Waals surface area contributed by atoms with Gasteiger partial charge in [-0.25, -0.2) is 4.98 Å². The Labute approximate surface area is 126 Å². The minimum atomic E-state index is -0.264. The van der Waals surface area contributed by atoms with Crippen LogP contribution in [0.3, 0.4) is 0 Å². The van der Waals surface area contributed by atoms with Gasteiger partial charge in [0.2, 0.25) is 0 Å². The highest BCUT2D eigenvalue weighted by Crippen LogP contribution is 2.28. The van der Waals surface area contributed by atoms with Crippen molar-refractivity contribution in [3.63, 3.8) is 0 Å². The molecule has 2 heterocycles. The molecule has 106 valence electrons. The average molecular weight is 298 g/mol. The number of rotatable bonds is 4. The van der Waals surface area contributed by atoms with Crippen molar-refractivity contribution in [2.45, 2.75) is 13.3 Å². The maximum absolute atomic E-state index is 12.4. The SMILES string of the molecule is CCc1cccc(NC(=O)c2ncoc2-c2cccs2)c1. The van der Waals surface area contributed by atoms with Crippen LogP contribution in [0, 0.1) is 0 Å². The van der Waals surface area contributed by atoms with Gasteiger partial charge in [0.05, 0.1) is 4.88 Å². The van der Waals surface area contributed by atoms with Gasteiger partial charge in [0.1, 0.15) is 0 Å². The van der Waals surface area contributed by atoms with E-state index in [1.54, 1.807) is 0 Å². The molecule has 0 saturated heterocycles. The van der Waals surface area contributed by atoms with Gasteiger partial charge in [0.25, 0.3) is 5.91 Å². The highest BCUT2D eigenvalue weighted by Gasteiger charge is 2.19. The second kappa shape index (κ2) is 5.93. The van der Waals surface area contributed by atoms with E-state index in [2.05, 4.69) is 17.2 Å². The summed E-state index contributed by atoms with van der Waals surface area (Å²) in [5, 5.41) is 4.80. The Bertz CT molecular complexity index is 747. The van der Waals surface area contributed by atoms with E-state index < -0.39 is 0 Å². The minimum Gasteiger partial charge on any atom is -0.442 e. The molecule has 3 rings (SSSR count). The van der Waals surface area contributed by atoms with E-state index >= 15 is 0 Å². The number of thiophene rings is 1. The average Bonchev–Trinajstić information content (AvgIpc) is 3.18. The molecule has 0 bridgehead atoms. The second-order valence-electron chi connectivity index (χ2n) is 4.52. The monoisotopic (exact) mass is 298 g/mol. The molecule has 0 fully saturated rings. The quantitative estimate of drug-likeness (QED) is 0.784. The molecule has 0 aliphatic heterocycles. The van der Waals surface area contributed by atoms with Crippen LogP contribution in [0.4, 0.5) is 5.69 Å². The van der Waals surface area contributed by atoms with Crippen molar-refractivity contribution in [3.05, 3.63) is 59.4 Å². The summed E-state index contributed by atoms with van der Waals surface area (Å²) in [4.78, 5) is 17.3. The Kier molecular flexibility index (Phi) is 3.83. The molecule has 0 aliphatic rings. The number of benzene rings is 1. The lowest BCUT2D eigenvalue weighted by Gasteiger charge is -2.05. The van der Waals surface area contributed by atoms with Crippen molar-refractivity contribution in [1.82, 2.24) is 4.98 Å². The summed E-state index contributed by atoms with van der Waals surface area (Å²) in [6, 6.07) is 11.6. The van der Waals surface area contributed by atoms with Crippen LogP contribution in [0.5, 0.6) is 0 Å². The van der Waals surface area contributed by atoms with Gasteiger partial charge in [-0.15, -0.1) is 11.3 Å². The van der Waals surface area contributed by atoms with Gasteiger partial charge in [0.15, 0.2) is 17.8 Å². The molecule has 21 heavy (non-hydrogen) atoms. The van der Waals surface area contributed by atoms with E-state index in [0.717, 1.165) is 17.0 Å². The first-order valence-electron chi connectivity index (χ1n) is 6.65. The topological polar surface area (TPSA) is 55.1 Å². The number of aryl methyl sites for hydroxylation is 1. The third-order valence-electron chi connectivity index (χ3n) is 3.12. The molecular weight excluding hydrogens is 284 g/mol. The fraction of sp³-hybridized carbons (Fsp3) is 0.125. The molecule has 1 amide bonds. The second-order valence-corrected chi connectivity index (χ2v) is 5.46. The minimum absolute atomic E-state index is 0.264. The first kappa shape index (κ1) is 13.6. The first-order valence-corrected chi connectivity index (χ1v) is 7.53. The molecule has 0 spiro atoms. The molecule has 3 aromatic rings. The van der Waals surface area contributed by atoms with Crippen LogP contribution < -0.4 is 5.32 Å². The van der Waals surface area contributed by atoms with E-state index in [1.807, 2.05) is 41.8 Å². The lowest BCUT2D eigenvalue weighted by Crippen LogP contribution is -2.13. The summed E-state index contributed by atoms with van der Waals surface area (Å²) in [7, 11) is 0. The fourth-order valence-corrected chi connectivity index (χ4v) is 2.76. The van der Waals surface area contributed by atoms with Gasteiger partial charge in [0, 0.05) is 5.69 Å². The van der Waals surface area contributed by atoms with Crippen LogP contribution in [0.25, 0.3) is 10.6 Å². The number of hydrogen-bond donors (Lipinski definition) is 1. The fourth-order valence-electron chi connectivity index (χ4n) is 2.05. The number of oxazole rings is 1. The highest BCUT2D eigenvalue weighted by molar-refractivity contribution is 7.13. The molecule has 4 nitrogen and oxygen atoms in total. The number of nitrogens with zero attached hydrogens (tertiary/aromatic N) is 1. The Morgan fingerprint density at radius 3 is 3.00 bits per heavy atom. The first-order chi connectivity index (χ1) is 10.3. The number of hydrogen-bond acceptors (Lipinski definition) is 4. The number of anilines is 1. The van der Waals surface area contributed by atoms with Gasteiger partial charge in [-0.2, -0.15) is 0 Å². The molecule has 0 unspecified atom stereocenters. The largest absolute Gasteiger partial charge is 0.442 e. The van der Waals surface area contributed by atoms with Crippen molar-refractivity contribution in [2.24, 2.45) is 0 Å². The van der Waals surface area contributed by atoms with Crippen molar-refractivity contribution in [1.29, 1.82) is 0 Å². The lowest BCUT2D eigenvalue weighted by molar-refractivity contribution is 0.102. The maximum atomic E-state index is 12.4. The van der Waals surface area contributed by atoms with Crippen LogP contribution >= 0.6 is 11.3 Å². The maximum Gasteiger partial charge on any atom is 0.278 e. The zero-order valence-electron chi connectivity index (χ0n) is 11.5. The summed E-state index contributed by atoms with van der Waals surface area (Å²) < 4.78 is 5.35. The van der Waals surface area contributed by atoms with Crippen LogP contribution in [-0.2, 0) is 6.42 Å². The van der Waals surface area contributed by atoms with Crippen LogP contribution in [-0.4, -0.2) is 10.9 Å². The Balaban J connectivity index is 1.85. The third-order valence-corrected chi connectivity index (χ3v) is 3.99. The van der Waals surface area contributed by atoms with E-state index in [9.17, 15) is 4.79 Å². The highest BCUT2D eigenvalue weighted by atomic mass is 32.1. The summed E-state index contributed by atoms with van der Waals surface area (Å²) in [6.07, 6.45) is 2.22. The summed E-state index contributed by atoms with van der Waals surface area (Å²) >= 11 is 1.51. The van der Waals surface area contributed by atoms with E-state index in [0.29, 0.717) is 11.5 Å². The van der Waals surface area contributed by atoms with Crippen LogP contribution in [0.2, 0.25) is 0 Å². The number of carbonyl (C=O) groups is 1. The Hall–Kier alpha value is -2.40. The molecule has 0 radical (unpaired) electrons. The van der Waals surface area contributed by atoms with Crippen molar-refractivity contribution >= 4 is 22.9 Å². The molecular formula is C16H14N2O2S. The molecule has 2 aromatic heterocycles. The zero-order valence-corrected chi connectivity index (χ0v) is 12.3. The van der Waals surface area contributed by atoms with Gasteiger partial charge in [-0.3, -0.25) is 4.79 Å². The number of amides is 1. The molecule has 0 saturated carbocycles. The van der Waals surface area contributed by atoms with Gasteiger partial charge < -0.3 is 9.73 Å². The molecule has 1 aromatic carbocycles. The van der Waals surface area contributed by atoms with E-state index in [4.69, 9.17) is 4.42 Å². The molecule has 1 N–H and O–H groups in total. The van der Waals surface area contributed by atoms with Crippen molar-refractivity contribution < 1.29 is 9.21 Å². The molecule has 0 aliphatic carbocycles. The van der Waals surface area contributed by atoms with Gasteiger partial charge in [-0.1, -0.05) is 25.1 Å². The van der Waals surface area contributed by atoms with Crippen molar-refractivity contribution in [3.8, 4) is 10.6 Å². The molecule has 0 atom stereocenters.